The molecule has 10 rings (SSSR count). The molecule has 30 nitrogen and oxygen atoms in total. The number of para-hydroxylation sites is 1. The Morgan fingerprint density at radius 2 is 1.06 bits per heavy atom. The minimum atomic E-state index is -4.41. The highest BCUT2D eigenvalue weighted by molar-refractivity contribution is 7.52. The molecule has 476 valence electrons. The van der Waals surface area contributed by atoms with Crippen LogP contribution in [0.3, 0.4) is 0 Å². The lowest BCUT2D eigenvalue weighted by Crippen LogP contribution is -2.48. The normalized spacial score (nSPS) is 28.0. The van der Waals surface area contributed by atoms with Crippen molar-refractivity contribution in [1.82, 2.24) is 63.6 Å². The highest BCUT2D eigenvalue weighted by Gasteiger charge is 2.59. The van der Waals surface area contributed by atoms with E-state index in [2.05, 4.69) is 65.9 Å². The van der Waals surface area contributed by atoms with Crippen molar-refractivity contribution in [2.45, 2.75) is 105 Å². The number of carbonyl (C=O) groups is 1. The van der Waals surface area contributed by atoms with E-state index in [1.165, 1.54) is 50.4 Å². The van der Waals surface area contributed by atoms with Gasteiger partial charge >= 0.3 is 25.9 Å². The Morgan fingerprint density at radius 1 is 0.667 bits per heavy atom. The maximum absolute atomic E-state index is 15.6. The summed E-state index contributed by atoms with van der Waals surface area (Å²) in [5.41, 5.74) is 1.29. The molecule has 7 aromatic rings. The van der Waals surface area contributed by atoms with Gasteiger partial charge in [0.1, 0.15) is 46.9 Å². The fourth-order valence-electron chi connectivity index (χ4n) is 9.25. The molecule has 0 aliphatic carbocycles. The summed E-state index contributed by atoms with van der Waals surface area (Å²) in [6.45, 7) is 2.66. The van der Waals surface area contributed by atoms with E-state index in [1.807, 2.05) is 0 Å². The monoisotopic (exact) mass is 1310 g/mol. The molecule has 0 unspecified atom stereocenters. The molecular weight excluding hydrogens is 1250 g/mol. The molecule has 14 atom stereocenters. The molecule has 0 radical (unpaired) electrons. The van der Waals surface area contributed by atoms with Crippen molar-refractivity contribution < 1.29 is 84.8 Å². The Morgan fingerprint density at radius 3 is 1.44 bits per heavy atom. The molecule has 11 N–H and O–H groups in total. The molecule has 0 saturated carbocycles. The minimum absolute atomic E-state index is 0.00925. The number of anilines is 4. The van der Waals surface area contributed by atoms with Crippen LogP contribution in [0.5, 0.6) is 5.75 Å². The number of hydrogen-bond donors (Lipinski definition) is 10. The number of fused-ring (bicyclic) bond motifs is 3. The number of rotatable bonds is 20. The van der Waals surface area contributed by atoms with Gasteiger partial charge in [-0.3, -0.25) is 23.0 Å². The summed E-state index contributed by atoms with van der Waals surface area (Å²) in [5, 5.41) is 60.5. The number of nitrogen functional groups attached to an aromatic ring is 1. The van der Waals surface area contributed by atoms with Crippen LogP contribution in [0, 0.1) is 12.2 Å². The van der Waals surface area contributed by atoms with Crippen molar-refractivity contribution >= 4 is 105 Å². The van der Waals surface area contributed by atoms with Crippen molar-refractivity contribution in [3.05, 3.63) is 61.5 Å². The summed E-state index contributed by atoms with van der Waals surface area (Å²) < 4.78 is 123. The van der Waals surface area contributed by atoms with Gasteiger partial charge in [0.25, 0.3) is 0 Å². The van der Waals surface area contributed by atoms with Gasteiger partial charge in [-0.1, -0.05) is 18.2 Å². The molecular formula is C48H60Cl3F5N17O13P. The van der Waals surface area contributed by atoms with Crippen LogP contribution >= 0.6 is 42.5 Å². The van der Waals surface area contributed by atoms with Gasteiger partial charge in [-0.05, 0) is 32.9 Å². The first-order valence-corrected chi connectivity index (χ1v) is 29.2. The van der Waals surface area contributed by atoms with Crippen molar-refractivity contribution in [2.24, 2.45) is 0 Å². The second-order valence-electron chi connectivity index (χ2n) is 20.0. The molecule has 6 aromatic heterocycles. The first-order chi connectivity index (χ1) is 41.4. The maximum Gasteiger partial charge on any atom is 0.459 e. The van der Waals surface area contributed by atoms with Crippen molar-refractivity contribution in [3.63, 3.8) is 0 Å². The van der Waals surface area contributed by atoms with Crippen molar-refractivity contribution in [2.75, 3.05) is 80.3 Å². The molecule has 3 aliphatic heterocycles. The lowest BCUT2D eigenvalue weighted by atomic mass is 9.99. The number of aromatic nitrogens is 12. The molecule has 3 aliphatic rings. The van der Waals surface area contributed by atoms with Crippen LogP contribution in [0.2, 0.25) is 0 Å². The number of imidazole rings is 3. The van der Waals surface area contributed by atoms with E-state index in [0.717, 1.165) is 15.5 Å². The van der Waals surface area contributed by atoms with Gasteiger partial charge in [0.15, 0.2) is 88.1 Å². The number of ether oxygens (including phenoxy) is 4. The van der Waals surface area contributed by atoms with E-state index in [-0.39, 0.29) is 63.1 Å². The van der Waals surface area contributed by atoms with E-state index in [9.17, 15) is 52.5 Å². The summed E-state index contributed by atoms with van der Waals surface area (Å²) in [4.78, 5) is 47.2. The number of alkyl halides is 6. The van der Waals surface area contributed by atoms with Gasteiger partial charge in [-0.2, -0.15) is 43.8 Å². The number of aliphatic hydroxyl groups excluding tert-OH is 5. The Balaban J connectivity index is 0.000000182. The number of nitrogens with zero attached hydrogens (tertiary/aromatic N) is 12. The van der Waals surface area contributed by atoms with Crippen LogP contribution in [-0.4, -0.2) is 214 Å². The highest BCUT2D eigenvalue weighted by atomic mass is 35.5. The number of nitrogens with two attached hydrogens (primary N) is 1. The SMILES string of the molecule is CNc1nc(F)nc2c1ncn2[C@@H]1O[C@@](CO)(CCl)[C@@H](O)[C@@H]1F.CNc1nc(F)nc2c1ncn2[C@@H]1O[C@](CCl)(CO[P@@](=O)(N[C@@H](C)C(=O)OC(C)C)Oc2ccccc2)[C@@H](O)[C@@H]1F.CNc1nc(N)nc2c1ncn2[C@@H]1O[C@@](CO)(CCl)[C@@H](O)[C@@H]1F. The smallest absolute Gasteiger partial charge is 0.459 e. The number of esters is 1. The van der Waals surface area contributed by atoms with Gasteiger partial charge in [0.05, 0.1) is 62.5 Å². The van der Waals surface area contributed by atoms with Crippen molar-refractivity contribution in [1.29, 1.82) is 0 Å². The van der Waals surface area contributed by atoms with Crippen LogP contribution in [0.4, 0.5) is 45.4 Å². The molecule has 0 spiro atoms. The minimum Gasteiger partial charge on any atom is -0.462 e. The van der Waals surface area contributed by atoms with E-state index in [1.54, 1.807) is 39.1 Å². The fraction of sp³-hybridized carbons (Fsp3) is 0.542. The van der Waals surface area contributed by atoms with Crippen LogP contribution in [-0.2, 0) is 32.8 Å². The zero-order valence-electron chi connectivity index (χ0n) is 46.6. The maximum atomic E-state index is 15.6. The third-order valence-electron chi connectivity index (χ3n) is 13.9. The van der Waals surface area contributed by atoms with Crippen LogP contribution < -0.4 is 31.3 Å². The molecule has 0 bridgehead atoms. The third-order valence-corrected chi connectivity index (χ3v) is 16.9. The zero-order valence-corrected chi connectivity index (χ0v) is 49.8. The second-order valence-corrected chi connectivity index (χ2v) is 22.4. The molecule has 1 aromatic carbocycles. The molecule has 39 heteroatoms. The summed E-state index contributed by atoms with van der Waals surface area (Å²) in [7, 11) is 0.254. The predicted molar refractivity (Wildman–Crippen MR) is 301 cm³/mol. The van der Waals surface area contributed by atoms with E-state index in [0.29, 0.717) is 11.3 Å². The van der Waals surface area contributed by atoms with Crippen LogP contribution in [0.15, 0.2) is 49.3 Å². The van der Waals surface area contributed by atoms with Gasteiger partial charge in [0.2, 0.25) is 5.95 Å². The molecule has 3 saturated heterocycles. The lowest BCUT2D eigenvalue weighted by Gasteiger charge is -2.31. The number of aliphatic hydroxyl groups is 5. The quantitative estimate of drug-likeness (QED) is 0.0172. The number of hydrogen-bond acceptors (Lipinski definition) is 26. The third kappa shape index (κ3) is 13.1. The number of carbonyl (C=O) groups excluding carboxylic acids is 1. The summed E-state index contributed by atoms with van der Waals surface area (Å²) in [6.07, 6.45) is -14.1. The summed E-state index contributed by atoms with van der Waals surface area (Å²) >= 11 is 17.6. The van der Waals surface area contributed by atoms with Crippen molar-refractivity contribution in [3.8, 4) is 5.75 Å². The number of nitrogens with one attached hydrogen (secondary N) is 4. The summed E-state index contributed by atoms with van der Waals surface area (Å²) in [5.74, 6) is -1.15. The van der Waals surface area contributed by atoms with Gasteiger partial charge in [-0.25, -0.2) is 32.7 Å². The van der Waals surface area contributed by atoms with E-state index >= 15 is 4.39 Å². The standard InChI is InChI=1S/C24H30ClF2N6O7P.C12H14ClF2N5O3.C12H16ClFN6O3/c1-13(2)38-22(35)14(3)32-41(36,40-15-8-6-5-7-9-15)37-11-24(10-25)18(34)16(26)21(39-24)33-12-29-17-19(28-4)30-23(27)31-20(17)33;2*1-16-8-6-9(19-11(15)18-8)20(4-17-6)10-5(14)7(22)12(2-13,3-21)23-10/h5-9,12-14,16,18,21,34H,10-11H2,1-4H3,(H,32,36)(H,28,30,31);4-5,7,10,21-22H,2-3H2,1H3,(H,16,18,19);4-5,7,10,21-22H,2-3H2,1H3,(H3,15,16,18,19)/t14-,16-,18-,21+,24+,41-;2*5-,7-,10+,12+/m000/s1. The lowest BCUT2D eigenvalue weighted by molar-refractivity contribution is -0.149. The predicted octanol–water partition coefficient (Wildman–Crippen LogP) is 3.20. The molecule has 3 fully saturated rings. The molecule has 9 heterocycles. The summed E-state index contributed by atoms with van der Waals surface area (Å²) in [6, 6.07) is 6.82. The fourth-order valence-corrected chi connectivity index (χ4v) is 11.7. The van der Waals surface area contributed by atoms with E-state index in [4.69, 9.17) is 68.5 Å². The van der Waals surface area contributed by atoms with Gasteiger partial charge in [-0.15, -0.1) is 34.8 Å². The zero-order chi connectivity index (χ0) is 63.5. The van der Waals surface area contributed by atoms with Gasteiger partial charge < -0.3 is 70.7 Å². The Bertz CT molecular complexity index is 3450. The first-order valence-electron chi connectivity index (χ1n) is 26.1. The topological polar surface area (TPSA) is 396 Å². The number of benzene rings is 1. The average molecular weight is 1320 g/mol. The number of halogens is 8. The molecule has 0 amide bonds. The Labute approximate surface area is 504 Å². The largest absolute Gasteiger partial charge is 0.462 e. The Kier molecular flexibility index (Phi) is 20.8. The molecule has 87 heavy (non-hydrogen) atoms. The Hall–Kier alpha value is -6.31. The van der Waals surface area contributed by atoms with Gasteiger partial charge in [0, 0.05) is 21.1 Å². The average Bonchev–Trinajstić information content (AvgIpc) is 1.69. The van der Waals surface area contributed by atoms with Crippen LogP contribution in [0.25, 0.3) is 33.5 Å². The van der Waals surface area contributed by atoms with Crippen LogP contribution in [0.1, 0.15) is 39.5 Å². The highest BCUT2D eigenvalue weighted by Crippen LogP contribution is 2.49. The van der Waals surface area contributed by atoms with E-state index < -0.39 is 136 Å². The first kappa shape index (κ1) is 66.6. The second kappa shape index (κ2) is 27.2.